The van der Waals surface area contributed by atoms with Gasteiger partial charge in [0.1, 0.15) is 11.4 Å². The maximum atomic E-state index is 11.9. The fourth-order valence-corrected chi connectivity index (χ4v) is 2.10. The number of aromatic nitrogens is 1. The van der Waals surface area contributed by atoms with E-state index in [1.807, 2.05) is 24.3 Å². The fourth-order valence-electron chi connectivity index (χ4n) is 2.10. The van der Waals surface area contributed by atoms with Gasteiger partial charge in [-0.25, -0.2) is 0 Å². The van der Waals surface area contributed by atoms with Gasteiger partial charge >= 0.3 is 0 Å². The highest BCUT2D eigenvalue weighted by molar-refractivity contribution is 6.03. The van der Waals surface area contributed by atoms with Crippen LogP contribution in [-0.4, -0.2) is 23.8 Å². The molecule has 1 amide bonds. The van der Waals surface area contributed by atoms with E-state index >= 15 is 0 Å². The lowest BCUT2D eigenvalue weighted by molar-refractivity contribution is -0.114. The first kappa shape index (κ1) is 15.7. The molecule has 0 bridgehead atoms. The van der Waals surface area contributed by atoms with Gasteiger partial charge in [0.15, 0.2) is 5.78 Å². The summed E-state index contributed by atoms with van der Waals surface area (Å²) in [7, 11) is 1.60. The lowest BCUT2D eigenvalue weighted by Gasteiger charge is -2.11. The van der Waals surface area contributed by atoms with Gasteiger partial charge in [-0.15, -0.1) is 0 Å². The first-order valence-corrected chi connectivity index (χ1v) is 7.00. The lowest BCUT2D eigenvalue weighted by Crippen LogP contribution is -2.12. The van der Waals surface area contributed by atoms with E-state index in [0.717, 1.165) is 16.9 Å². The molecular formula is C17H18N2O3. The van der Waals surface area contributed by atoms with Crippen LogP contribution in [0.3, 0.4) is 0 Å². The predicted molar refractivity (Wildman–Crippen MR) is 85.2 cm³/mol. The van der Waals surface area contributed by atoms with E-state index in [1.165, 1.54) is 6.92 Å². The third kappa shape index (κ3) is 3.49. The molecule has 5 heteroatoms. The fraction of sp³-hybridized carbons (Fsp3) is 0.235. The molecule has 114 valence electrons. The van der Waals surface area contributed by atoms with E-state index in [0.29, 0.717) is 12.1 Å². The Labute approximate surface area is 129 Å². The van der Waals surface area contributed by atoms with Gasteiger partial charge in [0.05, 0.1) is 12.8 Å². The Balaban J connectivity index is 2.49. The number of benzene rings is 1. The summed E-state index contributed by atoms with van der Waals surface area (Å²) < 4.78 is 5.21. The van der Waals surface area contributed by atoms with Crippen LogP contribution < -0.4 is 10.1 Å². The Kier molecular flexibility index (Phi) is 4.88. The molecule has 22 heavy (non-hydrogen) atoms. The average molecular weight is 298 g/mol. The average Bonchev–Trinajstić information content (AvgIpc) is 2.53. The van der Waals surface area contributed by atoms with Crippen LogP contribution in [0, 0.1) is 0 Å². The topological polar surface area (TPSA) is 68.3 Å². The number of amides is 1. The van der Waals surface area contributed by atoms with Crippen LogP contribution in [0.4, 0.5) is 5.69 Å². The largest absolute Gasteiger partial charge is 0.497 e. The van der Waals surface area contributed by atoms with Gasteiger partial charge in [0.2, 0.25) is 5.91 Å². The summed E-state index contributed by atoms with van der Waals surface area (Å²) in [4.78, 5) is 27.5. The summed E-state index contributed by atoms with van der Waals surface area (Å²) in [6.07, 6.45) is 1.96. The number of methoxy groups -OCH3 is 1. The van der Waals surface area contributed by atoms with Crippen molar-refractivity contribution < 1.29 is 14.3 Å². The number of Topliss-reactive ketones (excluding diaryl/α,β-unsaturated/α-hetero) is 1. The van der Waals surface area contributed by atoms with Crippen molar-refractivity contribution in [2.45, 2.75) is 20.3 Å². The minimum Gasteiger partial charge on any atom is -0.497 e. The Morgan fingerprint density at radius 2 is 2.00 bits per heavy atom. The summed E-state index contributed by atoms with van der Waals surface area (Å²) in [6.45, 7) is 3.16. The van der Waals surface area contributed by atoms with Crippen LogP contribution in [0.5, 0.6) is 5.75 Å². The minimum atomic E-state index is -0.241. The van der Waals surface area contributed by atoms with E-state index in [9.17, 15) is 9.59 Å². The number of hydrogen-bond acceptors (Lipinski definition) is 4. The number of hydrogen-bond donors (Lipinski definition) is 1. The number of ketones is 1. The van der Waals surface area contributed by atoms with E-state index in [2.05, 4.69) is 10.3 Å². The number of ether oxygens (including phenoxy) is 1. The number of pyridine rings is 1. The van der Waals surface area contributed by atoms with Crippen molar-refractivity contribution in [2.24, 2.45) is 0 Å². The zero-order valence-corrected chi connectivity index (χ0v) is 12.8. The quantitative estimate of drug-likeness (QED) is 0.860. The molecule has 2 aromatic rings. The molecular weight excluding hydrogens is 280 g/mol. The highest BCUT2D eigenvalue weighted by atomic mass is 16.5. The standard InChI is InChI=1S/C17H18N2O3/c1-4-16(21)17-15(19-11(2)20)9-13(10-18-17)12-6-5-7-14(8-12)22-3/h5-10H,4H2,1-3H3,(H,19,20). The van der Waals surface area contributed by atoms with E-state index < -0.39 is 0 Å². The SMILES string of the molecule is CCC(=O)c1ncc(-c2cccc(OC)c2)cc1NC(C)=O. The van der Waals surface area contributed by atoms with Gasteiger partial charge in [-0.05, 0) is 23.8 Å². The van der Waals surface area contributed by atoms with Crippen molar-refractivity contribution in [3.05, 3.63) is 42.2 Å². The monoisotopic (exact) mass is 298 g/mol. The normalized spacial score (nSPS) is 10.1. The highest BCUT2D eigenvalue weighted by Crippen LogP contribution is 2.27. The molecule has 2 rings (SSSR count). The maximum Gasteiger partial charge on any atom is 0.221 e. The van der Waals surface area contributed by atoms with Gasteiger partial charge < -0.3 is 10.1 Å². The Morgan fingerprint density at radius 3 is 2.64 bits per heavy atom. The predicted octanol–water partition coefficient (Wildman–Crippen LogP) is 3.31. The van der Waals surface area contributed by atoms with Crippen molar-refractivity contribution in [2.75, 3.05) is 12.4 Å². The molecule has 0 aliphatic carbocycles. The number of carbonyl (C=O) groups is 2. The third-order valence-corrected chi connectivity index (χ3v) is 3.19. The second-order valence-electron chi connectivity index (χ2n) is 4.81. The van der Waals surface area contributed by atoms with Crippen molar-refractivity contribution in [1.82, 2.24) is 4.98 Å². The van der Waals surface area contributed by atoms with E-state index in [1.54, 1.807) is 26.3 Å². The van der Waals surface area contributed by atoms with Crippen molar-refractivity contribution in [3.63, 3.8) is 0 Å². The van der Waals surface area contributed by atoms with Crippen LogP contribution in [0.1, 0.15) is 30.8 Å². The van der Waals surface area contributed by atoms with Crippen molar-refractivity contribution in [3.8, 4) is 16.9 Å². The zero-order chi connectivity index (χ0) is 16.1. The summed E-state index contributed by atoms with van der Waals surface area (Å²) in [5.74, 6) is 0.378. The van der Waals surface area contributed by atoms with Gasteiger partial charge in [-0.3, -0.25) is 14.6 Å². The Bertz CT molecular complexity index is 711. The molecule has 0 saturated carbocycles. The van der Waals surface area contributed by atoms with Crippen LogP contribution in [-0.2, 0) is 4.79 Å². The molecule has 1 aromatic heterocycles. The number of nitrogens with zero attached hydrogens (tertiary/aromatic N) is 1. The third-order valence-electron chi connectivity index (χ3n) is 3.19. The van der Waals surface area contributed by atoms with Crippen LogP contribution in [0.15, 0.2) is 36.5 Å². The molecule has 0 aliphatic rings. The minimum absolute atomic E-state index is 0.110. The van der Waals surface area contributed by atoms with Crippen LogP contribution in [0.2, 0.25) is 0 Å². The number of carbonyl (C=O) groups excluding carboxylic acids is 2. The number of nitrogens with one attached hydrogen (secondary N) is 1. The molecule has 0 saturated heterocycles. The Hall–Kier alpha value is -2.69. The summed E-state index contributed by atoms with van der Waals surface area (Å²) in [5.41, 5.74) is 2.41. The smallest absolute Gasteiger partial charge is 0.221 e. The molecule has 0 spiro atoms. The summed E-state index contributed by atoms with van der Waals surface area (Å²) >= 11 is 0. The first-order valence-electron chi connectivity index (χ1n) is 7.00. The van der Waals surface area contributed by atoms with Gasteiger partial charge in [0, 0.05) is 25.1 Å². The van der Waals surface area contributed by atoms with Crippen LogP contribution in [0.25, 0.3) is 11.1 Å². The van der Waals surface area contributed by atoms with Gasteiger partial charge in [-0.2, -0.15) is 0 Å². The van der Waals surface area contributed by atoms with Crippen LogP contribution >= 0.6 is 0 Å². The first-order chi connectivity index (χ1) is 10.5. The molecule has 0 atom stereocenters. The highest BCUT2D eigenvalue weighted by Gasteiger charge is 2.14. The zero-order valence-electron chi connectivity index (χ0n) is 12.8. The second kappa shape index (κ2) is 6.85. The second-order valence-corrected chi connectivity index (χ2v) is 4.81. The molecule has 0 fully saturated rings. The molecule has 5 nitrogen and oxygen atoms in total. The molecule has 0 aliphatic heterocycles. The lowest BCUT2D eigenvalue weighted by atomic mass is 10.0. The van der Waals surface area contributed by atoms with Gasteiger partial charge in [0.25, 0.3) is 0 Å². The summed E-state index contributed by atoms with van der Waals surface area (Å²) in [6, 6.07) is 9.26. The molecule has 1 aromatic carbocycles. The van der Waals surface area contributed by atoms with Crippen molar-refractivity contribution in [1.29, 1.82) is 0 Å². The van der Waals surface area contributed by atoms with E-state index in [-0.39, 0.29) is 17.4 Å². The molecule has 1 heterocycles. The molecule has 0 radical (unpaired) electrons. The maximum absolute atomic E-state index is 11.9. The van der Waals surface area contributed by atoms with E-state index in [4.69, 9.17) is 4.74 Å². The van der Waals surface area contributed by atoms with Gasteiger partial charge in [-0.1, -0.05) is 19.1 Å². The molecule has 1 N–H and O–H groups in total. The number of rotatable bonds is 5. The summed E-state index contributed by atoms with van der Waals surface area (Å²) in [5, 5.41) is 2.67. The van der Waals surface area contributed by atoms with Crippen molar-refractivity contribution >= 4 is 17.4 Å². The Morgan fingerprint density at radius 1 is 1.23 bits per heavy atom. The number of anilines is 1. The molecule has 0 unspecified atom stereocenters.